The minimum atomic E-state index is -0.613. The maximum atomic E-state index is 13.4. The molecule has 0 aromatic carbocycles. The summed E-state index contributed by atoms with van der Waals surface area (Å²) in [5, 5.41) is 15.2. The largest absolute Gasteiger partial charge is 0.396 e. The van der Waals surface area contributed by atoms with E-state index in [1.807, 2.05) is 20.8 Å². The molecule has 3 amide bonds. The molecule has 6 atom stereocenters. The van der Waals surface area contributed by atoms with Crippen molar-refractivity contribution >= 4 is 45.4 Å². The maximum absolute atomic E-state index is 13.4. The second-order valence-corrected chi connectivity index (χ2v) is 10.9. The third-order valence-corrected chi connectivity index (χ3v) is 9.10. The van der Waals surface area contributed by atoms with E-state index in [9.17, 15) is 19.5 Å². The number of hydrogen-bond donors (Lipinski definition) is 3. The van der Waals surface area contributed by atoms with E-state index in [0.29, 0.717) is 25.9 Å². The zero-order valence-electron chi connectivity index (χ0n) is 16.6. The van der Waals surface area contributed by atoms with E-state index in [1.165, 1.54) is 0 Å². The number of nitrogens with zero attached hydrogens (tertiary/aromatic N) is 1. The number of aliphatic hydroxyl groups excluding tert-OH is 1. The molecule has 3 rings (SSSR count). The normalized spacial score (nSPS) is 36.1. The monoisotopic (exact) mass is 475 g/mol. The Hall–Kier alpha value is -0.800. The lowest BCUT2D eigenvalue weighted by Gasteiger charge is -2.35. The van der Waals surface area contributed by atoms with E-state index in [-0.39, 0.29) is 40.4 Å². The minimum absolute atomic E-state index is 0.0138. The number of rotatable bonds is 8. The van der Waals surface area contributed by atoms with Gasteiger partial charge in [-0.25, -0.2) is 0 Å². The predicted octanol–water partition coefficient (Wildman–Crippen LogP) is 0.884. The van der Waals surface area contributed by atoms with Crippen LogP contribution in [0.3, 0.4) is 0 Å². The Morgan fingerprint density at radius 2 is 2.11 bits per heavy atom. The highest BCUT2D eigenvalue weighted by Crippen LogP contribution is 2.67. The fourth-order valence-electron chi connectivity index (χ4n) is 4.94. The van der Waals surface area contributed by atoms with Gasteiger partial charge in [0.15, 0.2) is 0 Å². The van der Waals surface area contributed by atoms with Gasteiger partial charge >= 0.3 is 0 Å². The first kappa shape index (κ1) is 21.9. The molecule has 3 aliphatic rings. The molecule has 3 aliphatic heterocycles. The number of nitrogens with one attached hydrogen (secondary N) is 2. The molecule has 3 unspecified atom stereocenters. The summed E-state index contributed by atoms with van der Waals surface area (Å²) in [4.78, 5) is 41.2. The summed E-state index contributed by atoms with van der Waals surface area (Å²) < 4.78 is -0.599. The van der Waals surface area contributed by atoms with Gasteiger partial charge in [0.25, 0.3) is 0 Å². The molecule has 2 bridgehead atoms. The molecule has 3 N–H and O–H groups in total. The summed E-state index contributed by atoms with van der Waals surface area (Å²) in [6.45, 7) is 6.65. The molecule has 1 spiro atoms. The molecule has 9 heteroatoms. The molecular weight excluding hydrogens is 446 g/mol. The average Bonchev–Trinajstić information content (AvgIpc) is 3.21. The molecule has 0 aliphatic carbocycles. The molecule has 0 aromatic rings. The van der Waals surface area contributed by atoms with Crippen LogP contribution in [0.15, 0.2) is 0 Å². The summed E-state index contributed by atoms with van der Waals surface area (Å²) in [5.74, 6) is -1.30. The number of fused-ring (bicyclic) bond motifs is 1. The smallest absolute Gasteiger partial charge is 0.244 e. The van der Waals surface area contributed by atoms with Gasteiger partial charge in [0.2, 0.25) is 17.7 Å². The van der Waals surface area contributed by atoms with Crippen molar-refractivity contribution < 1.29 is 19.5 Å². The van der Waals surface area contributed by atoms with Crippen LogP contribution < -0.4 is 10.6 Å². The van der Waals surface area contributed by atoms with Crippen LogP contribution in [0.25, 0.3) is 0 Å². The SMILES string of the molecule is CCCNC(=O)[C@H]1[C@H]2C(=O)N(CCCO)C(C(=O)NC(C)C)C23CC(Br)[C@@H]1S3. The van der Waals surface area contributed by atoms with Crippen LogP contribution in [0, 0.1) is 11.8 Å². The van der Waals surface area contributed by atoms with Crippen LogP contribution in [0.5, 0.6) is 0 Å². The standard InChI is InChI=1S/C19H30BrN3O4S/c1-4-6-21-16(25)12-13-18(27)23(7-5-8-24)15(17(26)22-10(2)3)19(13)9-11(20)14(12)28-19/h10-15,24H,4-9H2,1-3H3,(H,21,25)(H,22,26)/t11?,12-,13-,14-,15?,19?/m0/s1. The number of thioether (sulfide) groups is 1. The van der Waals surface area contributed by atoms with E-state index in [0.717, 1.165) is 6.42 Å². The van der Waals surface area contributed by atoms with Crippen molar-refractivity contribution in [3.8, 4) is 0 Å². The number of likely N-dealkylation sites (tertiary alicyclic amines) is 1. The fourth-order valence-corrected chi connectivity index (χ4v) is 8.55. The van der Waals surface area contributed by atoms with Gasteiger partial charge in [-0.05, 0) is 33.1 Å². The van der Waals surface area contributed by atoms with Crippen molar-refractivity contribution in [2.75, 3.05) is 19.7 Å². The van der Waals surface area contributed by atoms with Crippen LogP contribution in [0.1, 0.15) is 40.0 Å². The van der Waals surface area contributed by atoms with Gasteiger partial charge < -0.3 is 20.6 Å². The summed E-state index contributed by atoms with van der Waals surface area (Å²) in [5.41, 5.74) is 0. The van der Waals surface area contributed by atoms with Gasteiger partial charge in [0.05, 0.1) is 16.6 Å². The molecule has 0 saturated carbocycles. The Bertz CT molecular complexity index is 649. The summed E-state index contributed by atoms with van der Waals surface area (Å²) in [7, 11) is 0. The molecule has 3 saturated heterocycles. The first-order valence-electron chi connectivity index (χ1n) is 10.1. The Kier molecular flexibility index (Phi) is 6.66. The number of halogens is 1. The first-order chi connectivity index (χ1) is 13.3. The Morgan fingerprint density at radius 1 is 1.39 bits per heavy atom. The second kappa shape index (κ2) is 8.52. The number of carbonyl (C=O) groups excluding carboxylic acids is 3. The molecule has 158 valence electrons. The summed E-state index contributed by atoms with van der Waals surface area (Å²) in [6.07, 6.45) is 1.93. The summed E-state index contributed by atoms with van der Waals surface area (Å²) >= 11 is 5.36. The highest BCUT2D eigenvalue weighted by Gasteiger charge is 2.75. The molecule has 28 heavy (non-hydrogen) atoms. The quantitative estimate of drug-likeness (QED) is 0.452. The Balaban J connectivity index is 1.97. The van der Waals surface area contributed by atoms with Crippen molar-refractivity contribution in [2.24, 2.45) is 11.8 Å². The van der Waals surface area contributed by atoms with Crippen LogP contribution in [-0.2, 0) is 14.4 Å². The van der Waals surface area contributed by atoms with E-state index in [2.05, 4.69) is 26.6 Å². The van der Waals surface area contributed by atoms with Gasteiger partial charge in [-0.15, -0.1) is 11.8 Å². The molecule has 7 nitrogen and oxygen atoms in total. The van der Waals surface area contributed by atoms with E-state index < -0.39 is 22.6 Å². The Labute approximate surface area is 178 Å². The van der Waals surface area contributed by atoms with Crippen LogP contribution >= 0.6 is 27.7 Å². The average molecular weight is 476 g/mol. The highest BCUT2D eigenvalue weighted by atomic mass is 79.9. The minimum Gasteiger partial charge on any atom is -0.396 e. The van der Waals surface area contributed by atoms with Crippen LogP contribution in [0.2, 0.25) is 0 Å². The van der Waals surface area contributed by atoms with E-state index in [4.69, 9.17) is 0 Å². The Morgan fingerprint density at radius 3 is 2.71 bits per heavy atom. The number of amides is 3. The molecule has 3 heterocycles. The lowest BCUT2D eigenvalue weighted by Crippen LogP contribution is -2.55. The third kappa shape index (κ3) is 3.47. The lowest BCUT2D eigenvalue weighted by molar-refractivity contribution is -0.140. The van der Waals surface area contributed by atoms with Crippen molar-refractivity contribution in [3.63, 3.8) is 0 Å². The topological polar surface area (TPSA) is 98.7 Å². The number of hydrogen-bond acceptors (Lipinski definition) is 5. The van der Waals surface area contributed by atoms with Crippen molar-refractivity contribution in [1.82, 2.24) is 15.5 Å². The molecular formula is C19H30BrN3O4S. The van der Waals surface area contributed by atoms with Gasteiger partial charge in [0.1, 0.15) is 6.04 Å². The van der Waals surface area contributed by atoms with Crippen LogP contribution in [-0.4, -0.2) is 74.3 Å². The fraction of sp³-hybridized carbons (Fsp3) is 0.842. The van der Waals surface area contributed by atoms with Crippen molar-refractivity contribution in [1.29, 1.82) is 0 Å². The zero-order valence-corrected chi connectivity index (χ0v) is 19.0. The van der Waals surface area contributed by atoms with Crippen molar-refractivity contribution in [3.05, 3.63) is 0 Å². The number of alkyl halides is 1. The summed E-state index contributed by atoms with van der Waals surface area (Å²) in [6, 6.07) is -0.650. The molecule has 3 fully saturated rings. The number of carbonyl (C=O) groups is 3. The van der Waals surface area contributed by atoms with Gasteiger partial charge in [-0.2, -0.15) is 0 Å². The number of aliphatic hydroxyl groups is 1. The van der Waals surface area contributed by atoms with Gasteiger partial charge in [-0.3, -0.25) is 14.4 Å². The molecule has 0 aromatic heterocycles. The third-order valence-electron chi connectivity index (χ3n) is 5.88. The predicted molar refractivity (Wildman–Crippen MR) is 112 cm³/mol. The van der Waals surface area contributed by atoms with Crippen molar-refractivity contribution in [2.45, 2.75) is 66.9 Å². The highest BCUT2D eigenvalue weighted by molar-refractivity contribution is 9.09. The van der Waals surface area contributed by atoms with Gasteiger partial charge in [-0.1, -0.05) is 22.9 Å². The molecule has 0 radical (unpaired) electrons. The maximum Gasteiger partial charge on any atom is 0.244 e. The van der Waals surface area contributed by atoms with Gasteiger partial charge in [0, 0.05) is 35.8 Å². The second-order valence-electron chi connectivity index (χ2n) is 8.23. The van der Waals surface area contributed by atoms with E-state index in [1.54, 1.807) is 16.7 Å². The first-order valence-corrected chi connectivity index (χ1v) is 11.9. The lowest BCUT2D eigenvalue weighted by atomic mass is 9.70. The zero-order chi connectivity index (χ0) is 20.6. The van der Waals surface area contributed by atoms with E-state index >= 15 is 0 Å². The van der Waals surface area contributed by atoms with Crippen LogP contribution in [0.4, 0.5) is 0 Å².